The van der Waals surface area contributed by atoms with Crippen LogP contribution in [-0.4, -0.2) is 55.1 Å². The Kier molecular flexibility index (Phi) is 5.63. The fourth-order valence-electron chi connectivity index (χ4n) is 3.71. The predicted octanol–water partition coefficient (Wildman–Crippen LogP) is 2.85. The lowest BCUT2D eigenvalue weighted by molar-refractivity contribution is -0.127. The van der Waals surface area contributed by atoms with E-state index in [-0.39, 0.29) is 18.0 Å². The van der Waals surface area contributed by atoms with Crippen LogP contribution in [-0.2, 0) is 4.79 Å². The number of rotatable bonds is 7. The minimum absolute atomic E-state index is 0.0618. The number of hydrogen-bond donors (Lipinski definition) is 1. The highest BCUT2D eigenvalue weighted by molar-refractivity contribution is 6.01. The largest absolute Gasteiger partial charge is 0.497 e. The molecule has 0 bridgehead atoms. The van der Waals surface area contributed by atoms with Gasteiger partial charge >= 0.3 is 6.03 Å². The van der Waals surface area contributed by atoms with Crippen molar-refractivity contribution in [1.29, 1.82) is 0 Å². The third-order valence-electron chi connectivity index (χ3n) is 5.43. The molecule has 1 aromatic carbocycles. The molecule has 7 heteroatoms. The van der Waals surface area contributed by atoms with Crippen molar-refractivity contribution in [3.05, 3.63) is 47.7 Å². The summed E-state index contributed by atoms with van der Waals surface area (Å²) in [7, 11) is 3.14. The van der Waals surface area contributed by atoms with Crippen LogP contribution in [0.5, 0.6) is 11.5 Å². The van der Waals surface area contributed by atoms with Crippen LogP contribution in [0.4, 0.5) is 4.79 Å². The Morgan fingerprint density at radius 3 is 2.68 bits per heavy atom. The first-order valence-corrected chi connectivity index (χ1v) is 9.41. The molecule has 0 unspecified atom stereocenters. The first-order valence-electron chi connectivity index (χ1n) is 9.41. The molecule has 150 valence electrons. The Labute approximate surface area is 165 Å². The van der Waals surface area contributed by atoms with Crippen molar-refractivity contribution in [3.8, 4) is 11.5 Å². The number of urea groups is 1. The molecule has 1 aromatic rings. The molecule has 3 rings (SSSR count). The molecule has 0 radical (unpaired) electrons. The van der Waals surface area contributed by atoms with Crippen LogP contribution < -0.4 is 14.8 Å². The molecule has 0 fully saturated rings. The van der Waals surface area contributed by atoms with Crippen molar-refractivity contribution in [2.75, 3.05) is 27.3 Å². The van der Waals surface area contributed by atoms with Crippen molar-refractivity contribution < 1.29 is 19.1 Å². The summed E-state index contributed by atoms with van der Waals surface area (Å²) >= 11 is 0. The molecule has 0 spiro atoms. The van der Waals surface area contributed by atoms with Crippen LogP contribution in [0.3, 0.4) is 0 Å². The number of nitrogens with zero attached hydrogens (tertiary/aromatic N) is 2. The predicted molar refractivity (Wildman–Crippen MR) is 106 cm³/mol. The normalized spacial score (nSPS) is 20.1. The first-order chi connectivity index (χ1) is 13.5. The van der Waals surface area contributed by atoms with Crippen LogP contribution in [0.2, 0.25) is 0 Å². The Morgan fingerprint density at radius 1 is 1.32 bits per heavy atom. The van der Waals surface area contributed by atoms with E-state index in [2.05, 4.69) is 11.9 Å². The maximum absolute atomic E-state index is 13.3. The minimum Gasteiger partial charge on any atom is -0.497 e. The van der Waals surface area contributed by atoms with Gasteiger partial charge in [-0.2, -0.15) is 0 Å². The summed E-state index contributed by atoms with van der Waals surface area (Å²) in [4.78, 5) is 29.6. The van der Waals surface area contributed by atoms with Gasteiger partial charge in [-0.25, -0.2) is 4.79 Å². The zero-order valence-electron chi connectivity index (χ0n) is 16.8. The van der Waals surface area contributed by atoms with Crippen molar-refractivity contribution >= 4 is 11.9 Å². The SMILES string of the molecule is C=CCN1C(=O)N[C@H](c2cc(OC)ccc2OC)C2=C1CN([C@H](C)CC)C2=O. The molecular formula is C21H27N3O4. The lowest BCUT2D eigenvalue weighted by atomic mass is 9.94. The molecule has 0 saturated carbocycles. The average Bonchev–Trinajstić information content (AvgIpc) is 3.06. The van der Waals surface area contributed by atoms with Crippen LogP contribution >= 0.6 is 0 Å². The third-order valence-corrected chi connectivity index (χ3v) is 5.43. The van der Waals surface area contributed by atoms with Crippen LogP contribution in [0, 0.1) is 0 Å². The monoisotopic (exact) mass is 385 g/mol. The minimum atomic E-state index is -0.602. The Bertz CT molecular complexity index is 833. The quantitative estimate of drug-likeness (QED) is 0.733. The number of nitrogens with one attached hydrogen (secondary N) is 1. The number of ether oxygens (including phenoxy) is 2. The van der Waals surface area contributed by atoms with Gasteiger partial charge in [0.2, 0.25) is 0 Å². The first kappa shape index (κ1) is 19.8. The maximum Gasteiger partial charge on any atom is 0.322 e. The maximum atomic E-state index is 13.3. The van der Waals surface area contributed by atoms with Crippen LogP contribution in [0.25, 0.3) is 0 Å². The molecular weight excluding hydrogens is 358 g/mol. The van der Waals surface area contributed by atoms with Gasteiger partial charge in [-0.3, -0.25) is 9.69 Å². The molecule has 0 aromatic heterocycles. The van der Waals surface area contributed by atoms with E-state index in [1.807, 2.05) is 18.7 Å². The molecule has 28 heavy (non-hydrogen) atoms. The standard InChI is InChI=1S/C21H27N3O4/c1-6-10-23-16-12-24(13(3)7-2)20(25)18(16)19(22-21(23)26)15-11-14(27-4)8-9-17(15)28-5/h6,8-9,11,13,19H,1,7,10,12H2,2-5H3,(H,22,26)/t13-,19-/m1/s1. The summed E-state index contributed by atoms with van der Waals surface area (Å²) in [6.07, 6.45) is 2.50. The van der Waals surface area contributed by atoms with Gasteiger partial charge in [0.15, 0.2) is 0 Å². The van der Waals surface area contributed by atoms with Gasteiger partial charge in [-0.05, 0) is 31.5 Å². The number of carbonyl (C=O) groups excluding carboxylic acids is 2. The van der Waals surface area contributed by atoms with Gasteiger partial charge < -0.3 is 19.7 Å². The van der Waals surface area contributed by atoms with E-state index in [0.29, 0.717) is 35.7 Å². The number of benzene rings is 1. The molecule has 1 N–H and O–H groups in total. The van der Waals surface area contributed by atoms with Gasteiger partial charge in [0.25, 0.3) is 5.91 Å². The lowest BCUT2D eigenvalue weighted by Gasteiger charge is -2.33. The summed E-state index contributed by atoms with van der Waals surface area (Å²) in [6, 6.07) is 4.59. The highest BCUT2D eigenvalue weighted by Gasteiger charge is 2.45. The molecule has 0 saturated heterocycles. The number of carbonyl (C=O) groups is 2. The van der Waals surface area contributed by atoms with Gasteiger partial charge in [0.05, 0.1) is 38.1 Å². The molecule has 3 amide bonds. The van der Waals surface area contributed by atoms with Gasteiger partial charge in [0, 0.05) is 18.2 Å². The summed E-state index contributed by atoms with van der Waals surface area (Å²) in [5.74, 6) is 1.16. The Hall–Kier alpha value is -2.96. The summed E-state index contributed by atoms with van der Waals surface area (Å²) in [5, 5.41) is 2.97. The molecule has 2 heterocycles. The Balaban J connectivity index is 2.14. The number of hydrogen-bond acceptors (Lipinski definition) is 4. The second kappa shape index (κ2) is 7.96. The van der Waals surface area contributed by atoms with Crippen molar-refractivity contribution in [3.63, 3.8) is 0 Å². The second-order valence-electron chi connectivity index (χ2n) is 6.94. The summed E-state index contributed by atoms with van der Waals surface area (Å²) < 4.78 is 10.8. The van der Waals surface area contributed by atoms with Crippen molar-refractivity contribution in [2.24, 2.45) is 0 Å². The van der Waals surface area contributed by atoms with E-state index in [9.17, 15) is 9.59 Å². The fraction of sp³-hybridized carbons (Fsp3) is 0.429. The van der Waals surface area contributed by atoms with E-state index in [0.717, 1.165) is 12.1 Å². The van der Waals surface area contributed by atoms with Crippen molar-refractivity contribution in [1.82, 2.24) is 15.1 Å². The fourth-order valence-corrected chi connectivity index (χ4v) is 3.71. The Morgan fingerprint density at radius 2 is 2.07 bits per heavy atom. The third kappa shape index (κ3) is 3.21. The smallest absolute Gasteiger partial charge is 0.322 e. The van der Waals surface area contributed by atoms with E-state index in [1.165, 1.54) is 0 Å². The van der Waals surface area contributed by atoms with E-state index in [1.54, 1.807) is 43.4 Å². The number of amides is 3. The number of methoxy groups -OCH3 is 2. The van der Waals surface area contributed by atoms with Crippen molar-refractivity contribution in [2.45, 2.75) is 32.4 Å². The zero-order chi connectivity index (χ0) is 20.4. The van der Waals surface area contributed by atoms with E-state index < -0.39 is 6.04 Å². The second-order valence-corrected chi connectivity index (χ2v) is 6.94. The average molecular weight is 385 g/mol. The van der Waals surface area contributed by atoms with Crippen LogP contribution in [0.15, 0.2) is 42.1 Å². The lowest BCUT2D eigenvalue weighted by Crippen LogP contribution is -2.47. The molecule has 7 nitrogen and oxygen atoms in total. The van der Waals surface area contributed by atoms with Gasteiger partial charge in [-0.1, -0.05) is 13.0 Å². The highest BCUT2D eigenvalue weighted by Crippen LogP contribution is 2.41. The summed E-state index contributed by atoms with van der Waals surface area (Å²) in [6.45, 7) is 8.55. The van der Waals surface area contributed by atoms with Gasteiger partial charge in [-0.15, -0.1) is 6.58 Å². The summed E-state index contributed by atoms with van der Waals surface area (Å²) in [5.41, 5.74) is 2.00. The molecule has 2 atom stereocenters. The van der Waals surface area contributed by atoms with E-state index >= 15 is 0 Å². The topological polar surface area (TPSA) is 71.1 Å². The molecule has 2 aliphatic heterocycles. The van der Waals surface area contributed by atoms with E-state index in [4.69, 9.17) is 9.47 Å². The molecule has 0 aliphatic carbocycles. The van der Waals surface area contributed by atoms with Crippen LogP contribution in [0.1, 0.15) is 31.9 Å². The highest BCUT2D eigenvalue weighted by atomic mass is 16.5. The molecule has 2 aliphatic rings. The van der Waals surface area contributed by atoms with Gasteiger partial charge in [0.1, 0.15) is 11.5 Å². The zero-order valence-corrected chi connectivity index (χ0v) is 16.8.